The van der Waals surface area contributed by atoms with E-state index in [4.69, 9.17) is 23.2 Å². The highest BCUT2D eigenvalue weighted by molar-refractivity contribution is 9.12. The molecular formula is C24H18Br2Cl2N2O4. The minimum atomic E-state index is -0.687. The Morgan fingerprint density at radius 1 is 0.912 bits per heavy atom. The summed E-state index contributed by atoms with van der Waals surface area (Å²) in [6, 6.07) is 12.6. The zero-order chi connectivity index (χ0) is 24.3. The zero-order valence-corrected chi connectivity index (χ0v) is 22.2. The second-order valence-corrected chi connectivity index (χ2v) is 11.7. The summed E-state index contributed by atoms with van der Waals surface area (Å²) in [6.45, 7) is -0.493. The summed E-state index contributed by atoms with van der Waals surface area (Å²) in [5.41, 5.74) is 0.409. The number of amides is 3. The minimum absolute atomic E-state index is 0.0231. The van der Waals surface area contributed by atoms with E-state index in [1.807, 2.05) is 0 Å². The molecular weight excluding hydrogens is 611 g/mol. The third-order valence-corrected chi connectivity index (χ3v) is 10.8. The number of hydrogen-bond acceptors (Lipinski definition) is 4. The van der Waals surface area contributed by atoms with Crippen LogP contribution in [-0.4, -0.2) is 49.7 Å². The Kier molecular flexibility index (Phi) is 6.38. The molecule has 176 valence electrons. The first-order chi connectivity index (χ1) is 16.2. The highest BCUT2D eigenvalue weighted by Crippen LogP contribution is 2.60. The summed E-state index contributed by atoms with van der Waals surface area (Å²) < 4.78 is 0. The largest absolute Gasteiger partial charge is 0.292 e. The number of hydrazine groups is 1. The fourth-order valence-electron chi connectivity index (χ4n) is 5.44. The topological polar surface area (TPSA) is 74.8 Å². The maximum atomic E-state index is 13.6. The van der Waals surface area contributed by atoms with Crippen molar-refractivity contribution in [2.75, 3.05) is 6.54 Å². The third-order valence-electron chi connectivity index (χ3n) is 7.00. The number of fused-ring (bicyclic) bond motifs is 5. The number of rotatable bonds is 5. The lowest BCUT2D eigenvalue weighted by atomic mass is 9.81. The van der Waals surface area contributed by atoms with Gasteiger partial charge in [0.1, 0.15) is 6.54 Å². The number of hydrogen-bond donors (Lipinski definition) is 0. The Hall–Kier alpha value is -1.74. The molecule has 2 bridgehead atoms. The van der Waals surface area contributed by atoms with E-state index in [1.165, 1.54) is 18.2 Å². The Balaban J connectivity index is 1.52. The van der Waals surface area contributed by atoms with Gasteiger partial charge in [0.25, 0.3) is 17.7 Å². The molecule has 0 N–H and O–H groups in total. The van der Waals surface area contributed by atoms with Crippen LogP contribution in [0.5, 0.6) is 0 Å². The van der Waals surface area contributed by atoms with E-state index < -0.39 is 41.9 Å². The van der Waals surface area contributed by atoms with Crippen molar-refractivity contribution < 1.29 is 19.2 Å². The molecule has 3 amide bonds. The van der Waals surface area contributed by atoms with Gasteiger partial charge in [0.2, 0.25) is 0 Å². The number of nitrogens with zero attached hydrogens (tertiary/aromatic N) is 2. The predicted molar refractivity (Wildman–Crippen MR) is 134 cm³/mol. The number of benzene rings is 2. The average Bonchev–Trinajstić information content (AvgIpc) is 3.43. The second-order valence-electron chi connectivity index (χ2n) is 8.76. The van der Waals surface area contributed by atoms with E-state index >= 15 is 0 Å². The molecule has 0 aromatic heterocycles. The molecule has 1 heterocycles. The summed E-state index contributed by atoms with van der Waals surface area (Å²) in [5, 5.41) is 2.46. The summed E-state index contributed by atoms with van der Waals surface area (Å²) in [7, 11) is 0. The van der Waals surface area contributed by atoms with Crippen LogP contribution in [0.4, 0.5) is 0 Å². The molecule has 5 rings (SSSR count). The SMILES string of the molecule is O=C(CN(C(=O)c1ccccc1Cl)N1C(=O)[C@@H]2[C@H]3C[C@@H]([C@H](Br)[C@@H]3Br)[C@@H]2C1=O)c1ccc(Cl)cc1. The summed E-state index contributed by atoms with van der Waals surface area (Å²) in [5.74, 6) is -3.12. The van der Waals surface area contributed by atoms with Gasteiger partial charge in [0, 0.05) is 20.2 Å². The van der Waals surface area contributed by atoms with Crippen LogP contribution < -0.4 is 0 Å². The summed E-state index contributed by atoms with van der Waals surface area (Å²) in [6.07, 6.45) is 0.759. The Bertz CT molecular complexity index is 1180. The first-order valence-electron chi connectivity index (χ1n) is 10.7. The lowest BCUT2D eigenvalue weighted by Crippen LogP contribution is -2.52. The monoisotopic (exact) mass is 626 g/mol. The zero-order valence-electron chi connectivity index (χ0n) is 17.5. The molecule has 2 aliphatic carbocycles. The van der Waals surface area contributed by atoms with Crippen LogP contribution in [0.2, 0.25) is 10.0 Å². The number of carbonyl (C=O) groups is 4. The predicted octanol–water partition coefficient (Wildman–Crippen LogP) is 5.01. The van der Waals surface area contributed by atoms with Crippen molar-refractivity contribution in [2.24, 2.45) is 23.7 Å². The van der Waals surface area contributed by atoms with Gasteiger partial charge < -0.3 is 0 Å². The van der Waals surface area contributed by atoms with E-state index in [2.05, 4.69) is 31.9 Å². The fourth-order valence-corrected chi connectivity index (χ4v) is 7.66. The van der Waals surface area contributed by atoms with Crippen LogP contribution in [0.1, 0.15) is 27.1 Å². The van der Waals surface area contributed by atoms with Gasteiger partial charge in [-0.3, -0.25) is 19.2 Å². The molecule has 6 nitrogen and oxygen atoms in total. The van der Waals surface area contributed by atoms with E-state index in [0.29, 0.717) is 10.6 Å². The van der Waals surface area contributed by atoms with Crippen molar-refractivity contribution in [3.8, 4) is 0 Å². The van der Waals surface area contributed by atoms with Crippen LogP contribution >= 0.6 is 55.1 Å². The number of alkyl halides is 2. The highest BCUT2D eigenvalue weighted by atomic mass is 79.9. The van der Waals surface area contributed by atoms with Gasteiger partial charge in [0.15, 0.2) is 5.78 Å². The Labute approximate surface area is 222 Å². The maximum Gasteiger partial charge on any atom is 0.274 e. The number of ketones is 1. The highest BCUT2D eigenvalue weighted by Gasteiger charge is 2.67. The minimum Gasteiger partial charge on any atom is -0.292 e. The van der Waals surface area contributed by atoms with Crippen LogP contribution in [-0.2, 0) is 9.59 Å². The molecule has 1 aliphatic heterocycles. The van der Waals surface area contributed by atoms with Crippen molar-refractivity contribution >= 4 is 78.6 Å². The Morgan fingerprint density at radius 3 is 2.03 bits per heavy atom. The smallest absolute Gasteiger partial charge is 0.274 e. The second kappa shape index (κ2) is 9.04. The standard InChI is InChI=1S/C24H18Br2Cl2N2O4/c25-20-14-9-15(21(20)26)19-18(14)23(33)30(24(19)34)29(22(32)13-3-1-2-4-16(13)28)10-17(31)11-5-7-12(27)8-6-11/h1-8,14-15,18-21H,9-10H2/t14-,15-,18-,19+,20-,21+/m1/s1. The van der Waals surface area contributed by atoms with E-state index in [0.717, 1.165) is 16.4 Å². The lowest BCUT2D eigenvalue weighted by Gasteiger charge is -2.31. The van der Waals surface area contributed by atoms with Crippen LogP contribution in [0.3, 0.4) is 0 Å². The van der Waals surface area contributed by atoms with E-state index in [-0.39, 0.29) is 32.1 Å². The molecule has 1 saturated heterocycles. The molecule has 2 aromatic carbocycles. The molecule has 10 heteroatoms. The van der Waals surface area contributed by atoms with Crippen molar-refractivity contribution in [1.29, 1.82) is 0 Å². The van der Waals surface area contributed by atoms with Crippen molar-refractivity contribution in [2.45, 2.75) is 16.1 Å². The van der Waals surface area contributed by atoms with Crippen LogP contribution in [0, 0.1) is 23.7 Å². The van der Waals surface area contributed by atoms with Gasteiger partial charge >= 0.3 is 0 Å². The first kappa shape index (κ1) is 24.0. The quantitative estimate of drug-likeness (QED) is 0.265. The molecule has 0 spiro atoms. The summed E-state index contributed by atoms with van der Waals surface area (Å²) in [4.78, 5) is 54.0. The van der Waals surface area contributed by atoms with E-state index in [1.54, 1.807) is 30.3 Å². The molecule has 34 heavy (non-hydrogen) atoms. The third kappa shape index (κ3) is 3.74. The molecule has 0 unspecified atom stereocenters. The van der Waals surface area contributed by atoms with Crippen molar-refractivity contribution in [1.82, 2.24) is 10.0 Å². The first-order valence-corrected chi connectivity index (χ1v) is 13.3. The van der Waals surface area contributed by atoms with Crippen LogP contribution in [0.15, 0.2) is 48.5 Å². The number of imide groups is 1. The maximum absolute atomic E-state index is 13.6. The van der Waals surface area contributed by atoms with Gasteiger partial charge in [0.05, 0.1) is 22.4 Å². The van der Waals surface area contributed by atoms with Crippen molar-refractivity contribution in [3.05, 3.63) is 69.7 Å². The van der Waals surface area contributed by atoms with Gasteiger partial charge in [-0.1, -0.05) is 67.2 Å². The average molecular weight is 629 g/mol. The normalized spacial score (nSPS) is 29.5. The lowest BCUT2D eigenvalue weighted by molar-refractivity contribution is -0.154. The van der Waals surface area contributed by atoms with Crippen molar-refractivity contribution in [3.63, 3.8) is 0 Å². The fraction of sp³-hybridized carbons (Fsp3) is 0.333. The van der Waals surface area contributed by atoms with Crippen LogP contribution in [0.25, 0.3) is 0 Å². The molecule has 0 radical (unpaired) electrons. The molecule has 2 saturated carbocycles. The van der Waals surface area contributed by atoms with Gasteiger partial charge in [-0.05, 0) is 54.7 Å². The van der Waals surface area contributed by atoms with Gasteiger partial charge in [-0.25, -0.2) is 5.01 Å². The molecule has 6 atom stereocenters. The molecule has 3 aliphatic rings. The molecule has 2 aromatic rings. The Morgan fingerprint density at radius 2 is 1.47 bits per heavy atom. The van der Waals surface area contributed by atoms with Gasteiger partial charge in [-0.15, -0.1) is 0 Å². The number of halogens is 4. The summed E-state index contributed by atoms with van der Waals surface area (Å²) >= 11 is 19.5. The van der Waals surface area contributed by atoms with Gasteiger partial charge in [-0.2, -0.15) is 5.01 Å². The molecule has 3 fully saturated rings. The number of Topliss-reactive ketones (excluding diaryl/α,β-unsaturated/α-hetero) is 1. The van der Waals surface area contributed by atoms with E-state index in [9.17, 15) is 19.2 Å². The number of carbonyl (C=O) groups excluding carboxylic acids is 4.